The van der Waals surface area contributed by atoms with Crippen LogP contribution in [0.3, 0.4) is 0 Å². The molecule has 4 N–H and O–H groups in total. The summed E-state index contributed by atoms with van der Waals surface area (Å²) in [4.78, 5) is 11.4. The van der Waals surface area contributed by atoms with Gasteiger partial charge in [0, 0.05) is 6.92 Å². The number of amides is 1. The number of aliphatic hydroxyl groups excluding tert-OH is 3. The Morgan fingerprint density at radius 3 is 1.68 bits per heavy atom. The minimum absolute atomic E-state index is 0.138. The Kier molecular flexibility index (Phi) is 7.41. The van der Waals surface area contributed by atoms with Gasteiger partial charge in [-0.15, -0.1) is 0 Å². The van der Waals surface area contributed by atoms with Crippen molar-refractivity contribution >= 4 is 5.91 Å². The van der Waals surface area contributed by atoms with Crippen molar-refractivity contribution in [2.45, 2.75) is 43.2 Å². The molecule has 1 heterocycles. The van der Waals surface area contributed by atoms with E-state index >= 15 is 0 Å². The molecular formula is C27H29NO6. The largest absolute Gasteiger partial charge is 0.388 e. The highest BCUT2D eigenvalue weighted by Crippen LogP contribution is 2.41. The summed E-state index contributed by atoms with van der Waals surface area (Å²) < 4.78 is 12.2. The molecule has 7 heteroatoms. The number of aliphatic hydroxyl groups is 3. The SMILES string of the molecule is CC(=O)NC1C(O)OC(COC(c2ccccc2)(c2ccccc2)c2ccccc2)C(O)C1O. The van der Waals surface area contributed by atoms with Gasteiger partial charge in [-0.1, -0.05) is 91.0 Å². The van der Waals surface area contributed by atoms with Gasteiger partial charge < -0.3 is 30.1 Å². The van der Waals surface area contributed by atoms with Crippen LogP contribution in [0.2, 0.25) is 0 Å². The highest BCUT2D eigenvalue weighted by atomic mass is 16.6. The van der Waals surface area contributed by atoms with E-state index in [1.807, 2.05) is 91.0 Å². The van der Waals surface area contributed by atoms with E-state index in [-0.39, 0.29) is 6.61 Å². The normalized spacial score (nSPS) is 25.0. The lowest BCUT2D eigenvalue weighted by Gasteiger charge is -2.43. The first kappa shape index (κ1) is 24.1. The van der Waals surface area contributed by atoms with Crippen molar-refractivity contribution in [1.82, 2.24) is 5.32 Å². The molecule has 0 aliphatic carbocycles. The first-order valence-corrected chi connectivity index (χ1v) is 11.2. The molecule has 0 radical (unpaired) electrons. The third kappa shape index (κ3) is 4.75. The summed E-state index contributed by atoms with van der Waals surface area (Å²) in [7, 11) is 0. The van der Waals surface area contributed by atoms with E-state index in [1.165, 1.54) is 6.92 Å². The number of rotatable bonds is 7. The minimum Gasteiger partial charge on any atom is -0.388 e. The van der Waals surface area contributed by atoms with E-state index in [9.17, 15) is 20.1 Å². The van der Waals surface area contributed by atoms with Crippen molar-refractivity contribution in [2.75, 3.05) is 6.61 Å². The van der Waals surface area contributed by atoms with Gasteiger partial charge in [0.05, 0.1) is 6.61 Å². The van der Waals surface area contributed by atoms with E-state index in [2.05, 4.69) is 5.32 Å². The molecule has 0 spiro atoms. The Morgan fingerprint density at radius 1 is 0.824 bits per heavy atom. The Bertz CT molecular complexity index is 966. The number of carbonyl (C=O) groups is 1. The Labute approximate surface area is 198 Å². The lowest BCUT2D eigenvalue weighted by Crippen LogP contribution is -2.64. The number of ether oxygens (including phenoxy) is 2. The number of hydrogen-bond donors (Lipinski definition) is 4. The molecule has 0 aromatic heterocycles. The zero-order valence-corrected chi connectivity index (χ0v) is 18.8. The predicted octanol–water partition coefficient (Wildman–Crippen LogP) is 1.94. The molecule has 1 amide bonds. The molecule has 3 aromatic rings. The molecule has 1 fully saturated rings. The summed E-state index contributed by atoms with van der Waals surface area (Å²) in [6, 6.07) is 28.0. The fraction of sp³-hybridized carbons (Fsp3) is 0.296. The molecule has 5 atom stereocenters. The molecular weight excluding hydrogens is 434 g/mol. The number of benzene rings is 3. The summed E-state index contributed by atoms with van der Waals surface area (Å²) in [5.74, 6) is -0.454. The van der Waals surface area contributed by atoms with E-state index in [1.54, 1.807) is 0 Å². The minimum atomic E-state index is -1.50. The second-order valence-corrected chi connectivity index (χ2v) is 8.36. The molecule has 4 rings (SSSR count). The summed E-state index contributed by atoms with van der Waals surface area (Å²) in [5.41, 5.74) is 1.57. The second-order valence-electron chi connectivity index (χ2n) is 8.36. The average molecular weight is 464 g/mol. The van der Waals surface area contributed by atoms with Crippen molar-refractivity contribution in [2.24, 2.45) is 0 Å². The lowest BCUT2D eigenvalue weighted by atomic mass is 9.80. The molecule has 1 aliphatic rings. The first-order valence-electron chi connectivity index (χ1n) is 11.2. The molecule has 5 unspecified atom stereocenters. The molecule has 0 saturated carbocycles. The third-order valence-corrected chi connectivity index (χ3v) is 6.10. The van der Waals surface area contributed by atoms with Crippen LogP contribution in [0.15, 0.2) is 91.0 Å². The second kappa shape index (κ2) is 10.5. The molecule has 7 nitrogen and oxygen atoms in total. The van der Waals surface area contributed by atoms with Crippen LogP contribution < -0.4 is 5.32 Å². The molecule has 1 saturated heterocycles. The van der Waals surface area contributed by atoms with E-state index < -0.39 is 42.2 Å². The highest BCUT2D eigenvalue weighted by molar-refractivity contribution is 5.73. The molecule has 178 valence electrons. The van der Waals surface area contributed by atoms with Crippen LogP contribution in [0.1, 0.15) is 23.6 Å². The summed E-state index contributed by atoms with van der Waals surface area (Å²) in [5, 5.41) is 34.1. The summed E-state index contributed by atoms with van der Waals surface area (Å²) >= 11 is 0. The standard InChI is InChI=1S/C27H29NO6/c1-18(29)28-23-25(31)24(30)22(34-26(23)32)17-33-27(19-11-5-2-6-12-19,20-13-7-3-8-14-20)21-15-9-4-10-16-21/h2-16,22-26,30-32H,17H2,1H3,(H,28,29). The van der Waals surface area contributed by atoms with Gasteiger partial charge in [-0.25, -0.2) is 0 Å². The Morgan fingerprint density at radius 2 is 1.26 bits per heavy atom. The van der Waals surface area contributed by atoms with Gasteiger partial charge in [-0.2, -0.15) is 0 Å². The Balaban J connectivity index is 1.71. The van der Waals surface area contributed by atoms with Crippen LogP contribution in [-0.4, -0.2) is 58.5 Å². The van der Waals surface area contributed by atoms with Gasteiger partial charge in [-0.3, -0.25) is 4.79 Å². The number of nitrogens with one attached hydrogen (secondary N) is 1. The quantitative estimate of drug-likeness (QED) is 0.399. The van der Waals surface area contributed by atoms with Crippen molar-refractivity contribution in [3.63, 3.8) is 0 Å². The maximum absolute atomic E-state index is 11.4. The predicted molar refractivity (Wildman–Crippen MR) is 126 cm³/mol. The monoisotopic (exact) mass is 463 g/mol. The van der Waals surface area contributed by atoms with Crippen LogP contribution >= 0.6 is 0 Å². The average Bonchev–Trinajstić information content (AvgIpc) is 2.87. The zero-order valence-electron chi connectivity index (χ0n) is 18.8. The molecule has 1 aliphatic heterocycles. The highest BCUT2D eigenvalue weighted by Gasteiger charge is 2.46. The first-order chi connectivity index (χ1) is 16.4. The molecule has 3 aromatic carbocycles. The van der Waals surface area contributed by atoms with Crippen molar-refractivity contribution in [1.29, 1.82) is 0 Å². The maximum atomic E-state index is 11.4. The topological polar surface area (TPSA) is 108 Å². The van der Waals surface area contributed by atoms with E-state index in [0.717, 1.165) is 16.7 Å². The van der Waals surface area contributed by atoms with Crippen LogP contribution in [-0.2, 0) is 19.9 Å². The fourth-order valence-electron chi connectivity index (χ4n) is 4.45. The Hall–Kier alpha value is -3.07. The van der Waals surface area contributed by atoms with Crippen molar-refractivity contribution in [3.8, 4) is 0 Å². The van der Waals surface area contributed by atoms with Crippen molar-refractivity contribution < 1.29 is 29.6 Å². The van der Waals surface area contributed by atoms with Gasteiger partial charge in [0.15, 0.2) is 6.29 Å². The fourth-order valence-corrected chi connectivity index (χ4v) is 4.45. The third-order valence-electron chi connectivity index (χ3n) is 6.10. The van der Waals surface area contributed by atoms with Crippen LogP contribution in [0.5, 0.6) is 0 Å². The van der Waals surface area contributed by atoms with Crippen LogP contribution in [0, 0.1) is 0 Å². The smallest absolute Gasteiger partial charge is 0.217 e. The van der Waals surface area contributed by atoms with E-state index in [0.29, 0.717) is 0 Å². The lowest BCUT2D eigenvalue weighted by molar-refractivity contribution is -0.261. The van der Waals surface area contributed by atoms with Crippen LogP contribution in [0.25, 0.3) is 0 Å². The molecule has 0 bridgehead atoms. The van der Waals surface area contributed by atoms with Gasteiger partial charge in [0.2, 0.25) is 5.91 Å². The van der Waals surface area contributed by atoms with Gasteiger partial charge >= 0.3 is 0 Å². The van der Waals surface area contributed by atoms with Gasteiger partial charge in [-0.05, 0) is 16.7 Å². The van der Waals surface area contributed by atoms with Crippen molar-refractivity contribution in [3.05, 3.63) is 108 Å². The summed E-state index contributed by atoms with van der Waals surface area (Å²) in [6.07, 6.45) is -5.36. The number of carbonyl (C=O) groups excluding carboxylic acids is 1. The number of hydrogen-bond acceptors (Lipinski definition) is 6. The van der Waals surface area contributed by atoms with Crippen LogP contribution in [0.4, 0.5) is 0 Å². The van der Waals surface area contributed by atoms with Gasteiger partial charge in [0.1, 0.15) is 30.0 Å². The van der Waals surface area contributed by atoms with Gasteiger partial charge in [0.25, 0.3) is 0 Å². The maximum Gasteiger partial charge on any atom is 0.217 e. The van der Waals surface area contributed by atoms with E-state index in [4.69, 9.17) is 9.47 Å². The zero-order chi connectivity index (χ0) is 24.1. The molecule has 34 heavy (non-hydrogen) atoms. The summed E-state index contributed by atoms with van der Waals surface area (Å²) in [6.45, 7) is 1.12.